The lowest BCUT2D eigenvalue weighted by molar-refractivity contribution is -0.142. The number of nitrogens with zero attached hydrogens (tertiary/aromatic N) is 1. The summed E-state index contributed by atoms with van der Waals surface area (Å²) in [7, 11) is 0. The monoisotopic (exact) mass is 282 g/mol. The Kier molecular flexibility index (Phi) is 4.92. The third-order valence-electron chi connectivity index (χ3n) is 3.15. The first-order valence-electron chi connectivity index (χ1n) is 6.63. The third kappa shape index (κ3) is 3.68. The van der Waals surface area contributed by atoms with Crippen molar-refractivity contribution in [2.75, 3.05) is 26.3 Å². The minimum Gasteiger partial charge on any atom is -0.481 e. The van der Waals surface area contributed by atoms with Gasteiger partial charge >= 0.3 is 0 Å². The van der Waals surface area contributed by atoms with Crippen LogP contribution < -0.4 is 10.5 Å². The summed E-state index contributed by atoms with van der Waals surface area (Å²) in [5.41, 5.74) is 6.11. The number of carbonyl (C=O) groups excluding carboxylic acids is 1. The second-order valence-corrected chi connectivity index (χ2v) is 4.70. The molecule has 1 saturated heterocycles. The van der Waals surface area contributed by atoms with Gasteiger partial charge in [0.2, 0.25) is 0 Å². The Morgan fingerprint density at radius 1 is 1.45 bits per heavy atom. The van der Waals surface area contributed by atoms with Gasteiger partial charge in [0.05, 0.1) is 13.2 Å². The smallest absolute Gasteiger partial charge is 0.263 e. The van der Waals surface area contributed by atoms with E-state index in [2.05, 4.69) is 0 Å². The van der Waals surface area contributed by atoms with Gasteiger partial charge in [-0.1, -0.05) is 0 Å². The zero-order valence-corrected chi connectivity index (χ0v) is 11.5. The lowest BCUT2D eigenvalue weighted by Crippen LogP contribution is -2.46. The Labute approximate surface area is 117 Å². The minimum atomic E-state index is -0.666. The summed E-state index contributed by atoms with van der Waals surface area (Å²) in [6, 6.07) is 4.25. The molecule has 1 heterocycles. The molecule has 1 aliphatic heterocycles. The van der Waals surface area contributed by atoms with E-state index in [1.807, 2.05) is 0 Å². The second kappa shape index (κ2) is 6.67. The van der Waals surface area contributed by atoms with Crippen molar-refractivity contribution in [2.45, 2.75) is 19.6 Å². The average molecular weight is 282 g/mol. The number of benzene rings is 1. The largest absolute Gasteiger partial charge is 0.481 e. The van der Waals surface area contributed by atoms with Crippen molar-refractivity contribution >= 4 is 5.91 Å². The standard InChI is InChI=1S/C14H19FN2O3/c1-10(14(18)17-2-4-19-5-3-17)20-13-7-11(9-16)6-12(15)8-13/h6-8,10H,2-5,9,16H2,1H3. The molecular weight excluding hydrogens is 263 g/mol. The molecule has 1 atom stereocenters. The van der Waals surface area contributed by atoms with Crippen molar-refractivity contribution < 1.29 is 18.7 Å². The molecule has 110 valence electrons. The highest BCUT2D eigenvalue weighted by Crippen LogP contribution is 2.18. The summed E-state index contributed by atoms with van der Waals surface area (Å²) >= 11 is 0. The van der Waals surface area contributed by atoms with Crippen molar-refractivity contribution in [3.8, 4) is 5.75 Å². The van der Waals surface area contributed by atoms with Crippen LogP contribution in [-0.4, -0.2) is 43.2 Å². The summed E-state index contributed by atoms with van der Waals surface area (Å²) < 4.78 is 24.1. The molecule has 1 aromatic rings. The van der Waals surface area contributed by atoms with Crippen molar-refractivity contribution in [3.63, 3.8) is 0 Å². The zero-order chi connectivity index (χ0) is 14.5. The number of hydrogen-bond donors (Lipinski definition) is 1. The van der Waals surface area contributed by atoms with Gasteiger partial charge in [0.1, 0.15) is 11.6 Å². The number of carbonyl (C=O) groups is 1. The molecule has 0 saturated carbocycles. The van der Waals surface area contributed by atoms with Gasteiger partial charge in [0, 0.05) is 25.7 Å². The van der Waals surface area contributed by atoms with Crippen molar-refractivity contribution in [2.24, 2.45) is 5.73 Å². The van der Waals surface area contributed by atoms with Crippen LogP contribution in [0.4, 0.5) is 4.39 Å². The molecular formula is C14H19FN2O3. The van der Waals surface area contributed by atoms with Gasteiger partial charge < -0.3 is 20.1 Å². The van der Waals surface area contributed by atoms with Crippen LogP contribution in [-0.2, 0) is 16.1 Å². The number of amides is 1. The first kappa shape index (κ1) is 14.7. The number of rotatable bonds is 4. The normalized spacial score (nSPS) is 16.9. The van der Waals surface area contributed by atoms with E-state index in [-0.39, 0.29) is 12.5 Å². The molecule has 1 fully saturated rings. The van der Waals surface area contributed by atoms with Gasteiger partial charge in [-0.15, -0.1) is 0 Å². The van der Waals surface area contributed by atoms with Crippen LogP contribution in [0.5, 0.6) is 5.75 Å². The maximum atomic E-state index is 13.4. The quantitative estimate of drug-likeness (QED) is 0.891. The Morgan fingerprint density at radius 3 is 2.80 bits per heavy atom. The first-order chi connectivity index (χ1) is 9.60. The number of halogens is 1. The Morgan fingerprint density at radius 2 is 2.15 bits per heavy atom. The maximum absolute atomic E-state index is 13.4. The number of hydrogen-bond acceptors (Lipinski definition) is 4. The van der Waals surface area contributed by atoms with E-state index in [9.17, 15) is 9.18 Å². The van der Waals surface area contributed by atoms with Crippen LogP contribution in [0.15, 0.2) is 18.2 Å². The highest BCUT2D eigenvalue weighted by molar-refractivity contribution is 5.81. The zero-order valence-electron chi connectivity index (χ0n) is 11.5. The Bertz CT molecular complexity index is 475. The van der Waals surface area contributed by atoms with Gasteiger partial charge in [-0.3, -0.25) is 4.79 Å². The fraction of sp³-hybridized carbons (Fsp3) is 0.500. The molecule has 20 heavy (non-hydrogen) atoms. The molecule has 0 radical (unpaired) electrons. The molecule has 1 amide bonds. The molecule has 0 spiro atoms. The van der Waals surface area contributed by atoms with E-state index in [0.29, 0.717) is 37.6 Å². The molecule has 2 rings (SSSR count). The van der Waals surface area contributed by atoms with E-state index in [4.69, 9.17) is 15.2 Å². The van der Waals surface area contributed by atoms with Crippen LogP contribution >= 0.6 is 0 Å². The molecule has 1 aromatic carbocycles. The molecule has 5 nitrogen and oxygen atoms in total. The minimum absolute atomic E-state index is 0.119. The first-order valence-corrected chi connectivity index (χ1v) is 6.63. The summed E-state index contributed by atoms with van der Waals surface area (Å²) in [6.45, 7) is 4.07. The SMILES string of the molecule is CC(Oc1cc(F)cc(CN)c1)C(=O)N1CCOCC1. The molecule has 0 aliphatic carbocycles. The van der Waals surface area contributed by atoms with Crippen molar-refractivity contribution in [3.05, 3.63) is 29.6 Å². The van der Waals surface area contributed by atoms with E-state index in [1.54, 1.807) is 17.9 Å². The lowest BCUT2D eigenvalue weighted by atomic mass is 10.2. The van der Waals surface area contributed by atoms with E-state index >= 15 is 0 Å². The fourth-order valence-electron chi connectivity index (χ4n) is 2.10. The molecule has 6 heteroatoms. The maximum Gasteiger partial charge on any atom is 0.263 e. The van der Waals surface area contributed by atoms with E-state index < -0.39 is 11.9 Å². The topological polar surface area (TPSA) is 64.8 Å². The molecule has 1 aliphatic rings. The van der Waals surface area contributed by atoms with Crippen LogP contribution in [0.3, 0.4) is 0 Å². The van der Waals surface area contributed by atoms with Crippen molar-refractivity contribution in [1.29, 1.82) is 0 Å². The van der Waals surface area contributed by atoms with Gasteiger partial charge in [-0.2, -0.15) is 0 Å². The number of nitrogens with two attached hydrogens (primary N) is 1. The lowest BCUT2D eigenvalue weighted by Gasteiger charge is -2.29. The highest BCUT2D eigenvalue weighted by atomic mass is 19.1. The van der Waals surface area contributed by atoms with Crippen molar-refractivity contribution in [1.82, 2.24) is 4.90 Å². The van der Waals surface area contributed by atoms with E-state index in [1.165, 1.54) is 12.1 Å². The predicted octanol–water partition coefficient (Wildman–Crippen LogP) is 0.910. The predicted molar refractivity (Wildman–Crippen MR) is 71.8 cm³/mol. The highest BCUT2D eigenvalue weighted by Gasteiger charge is 2.23. The summed E-state index contributed by atoms with van der Waals surface area (Å²) in [6.07, 6.45) is -0.666. The molecule has 0 aromatic heterocycles. The van der Waals surface area contributed by atoms with Gasteiger partial charge in [-0.25, -0.2) is 4.39 Å². The van der Waals surface area contributed by atoms with Crippen LogP contribution in [0.2, 0.25) is 0 Å². The van der Waals surface area contributed by atoms with E-state index in [0.717, 1.165) is 0 Å². The molecule has 1 unspecified atom stereocenters. The summed E-state index contributed by atoms with van der Waals surface area (Å²) in [4.78, 5) is 13.9. The van der Waals surface area contributed by atoms with Crippen LogP contribution in [0, 0.1) is 5.82 Å². The fourth-order valence-corrected chi connectivity index (χ4v) is 2.10. The van der Waals surface area contributed by atoms with Gasteiger partial charge in [-0.05, 0) is 24.6 Å². The van der Waals surface area contributed by atoms with Gasteiger partial charge in [0.15, 0.2) is 6.10 Å². The Balaban J connectivity index is 2.01. The second-order valence-electron chi connectivity index (χ2n) is 4.70. The third-order valence-corrected chi connectivity index (χ3v) is 3.15. The van der Waals surface area contributed by atoms with Gasteiger partial charge in [0.25, 0.3) is 5.91 Å². The Hall–Kier alpha value is -1.66. The number of ether oxygens (including phenoxy) is 2. The summed E-state index contributed by atoms with van der Waals surface area (Å²) in [5, 5.41) is 0. The summed E-state index contributed by atoms with van der Waals surface area (Å²) in [5.74, 6) is -0.222. The molecule has 0 bridgehead atoms. The molecule has 2 N–H and O–H groups in total. The van der Waals surface area contributed by atoms with Crippen LogP contribution in [0.1, 0.15) is 12.5 Å². The number of morpholine rings is 1. The average Bonchev–Trinajstić information content (AvgIpc) is 2.46. The van der Waals surface area contributed by atoms with Crippen LogP contribution in [0.25, 0.3) is 0 Å².